The first-order valence-corrected chi connectivity index (χ1v) is 5.91. The summed E-state index contributed by atoms with van der Waals surface area (Å²) in [7, 11) is 0. The first-order chi connectivity index (χ1) is 6.85. The van der Waals surface area contributed by atoms with E-state index in [9.17, 15) is 0 Å². The fourth-order valence-electron chi connectivity index (χ4n) is 1.98. The van der Waals surface area contributed by atoms with Crippen LogP contribution >= 0.6 is 11.3 Å². The van der Waals surface area contributed by atoms with E-state index in [1.807, 2.05) is 0 Å². The molecule has 1 aromatic heterocycles. The lowest BCUT2D eigenvalue weighted by molar-refractivity contribution is 0.423. The third kappa shape index (κ3) is 1.97. The molecule has 0 aromatic carbocycles. The summed E-state index contributed by atoms with van der Waals surface area (Å²) in [6.45, 7) is 0.839. The fraction of sp³-hybridized carbons (Fsp3) is 0.545. The van der Waals surface area contributed by atoms with Crippen LogP contribution in [0.1, 0.15) is 30.6 Å². The summed E-state index contributed by atoms with van der Waals surface area (Å²) >= 11 is 1.74. The van der Waals surface area contributed by atoms with Crippen molar-refractivity contribution in [1.29, 1.82) is 5.26 Å². The van der Waals surface area contributed by atoms with E-state index >= 15 is 0 Å². The van der Waals surface area contributed by atoms with Crippen molar-refractivity contribution in [3.63, 3.8) is 0 Å². The lowest BCUT2D eigenvalue weighted by Gasteiger charge is -2.21. The Labute approximate surface area is 88.6 Å². The number of hydrogen-bond acceptors (Lipinski definition) is 3. The fourth-order valence-corrected chi connectivity index (χ4v) is 2.62. The van der Waals surface area contributed by atoms with Gasteiger partial charge in [0.1, 0.15) is 5.54 Å². The van der Waals surface area contributed by atoms with Gasteiger partial charge in [0.2, 0.25) is 0 Å². The van der Waals surface area contributed by atoms with Gasteiger partial charge in [-0.1, -0.05) is 18.9 Å². The van der Waals surface area contributed by atoms with Crippen LogP contribution in [-0.4, -0.2) is 5.54 Å². The molecule has 1 fully saturated rings. The number of hydrogen-bond donors (Lipinski definition) is 1. The van der Waals surface area contributed by atoms with Gasteiger partial charge in [-0.25, -0.2) is 0 Å². The lowest BCUT2D eigenvalue weighted by Crippen LogP contribution is -2.40. The second-order valence-electron chi connectivity index (χ2n) is 3.83. The first kappa shape index (κ1) is 9.70. The van der Waals surface area contributed by atoms with Crippen LogP contribution < -0.4 is 5.32 Å². The Bertz CT molecular complexity index is 318. The zero-order chi connectivity index (χ0) is 9.86. The Morgan fingerprint density at radius 2 is 2.29 bits per heavy atom. The molecule has 74 valence electrons. The maximum Gasteiger partial charge on any atom is 0.107 e. The topological polar surface area (TPSA) is 35.8 Å². The second-order valence-corrected chi connectivity index (χ2v) is 4.87. The van der Waals surface area contributed by atoms with Crippen molar-refractivity contribution in [2.45, 2.75) is 37.8 Å². The van der Waals surface area contributed by atoms with E-state index in [0.717, 1.165) is 19.4 Å². The van der Waals surface area contributed by atoms with Crippen molar-refractivity contribution < 1.29 is 0 Å². The Hall–Kier alpha value is -0.850. The summed E-state index contributed by atoms with van der Waals surface area (Å²) in [5.74, 6) is 0. The summed E-state index contributed by atoms with van der Waals surface area (Å²) < 4.78 is 0. The molecule has 0 atom stereocenters. The van der Waals surface area contributed by atoms with E-state index in [1.54, 1.807) is 11.3 Å². The van der Waals surface area contributed by atoms with Crippen molar-refractivity contribution >= 4 is 11.3 Å². The second kappa shape index (κ2) is 4.12. The zero-order valence-electron chi connectivity index (χ0n) is 8.12. The summed E-state index contributed by atoms with van der Waals surface area (Å²) in [6, 6.07) is 6.59. The lowest BCUT2D eigenvalue weighted by atomic mass is 10.00. The SMILES string of the molecule is N#CC1(NCc2cccs2)CCCC1. The normalized spacial score (nSPS) is 19.4. The Morgan fingerprint density at radius 1 is 1.50 bits per heavy atom. The molecule has 0 amide bonds. The molecule has 1 aliphatic carbocycles. The quantitative estimate of drug-likeness (QED) is 0.825. The van der Waals surface area contributed by atoms with Crippen LogP contribution in [0.15, 0.2) is 17.5 Å². The third-order valence-corrected chi connectivity index (χ3v) is 3.73. The van der Waals surface area contributed by atoms with Gasteiger partial charge in [-0.05, 0) is 24.3 Å². The smallest absolute Gasteiger partial charge is 0.107 e. The molecule has 1 heterocycles. The van der Waals surface area contributed by atoms with Gasteiger partial charge in [-0.2, -0.15) is 5.26 Å². The van der Waals surface area contributed by atoms with E-state index < -0.39 is 0 Å². The predicted molar refractivity (Wildman–Crippen MR) is 58.0 cm³/mol. The number of rotatable bonds is 3. The van der Waals surface area contributed by atoms with Gasteiger partial charge < -0.3 is 0 Å². The van der Waals surface area contributed by atoms with Crippen molar-refractivity contribution in [2.24, 2.45) is 0 Å². The molecule has 2 nitrogen and oxygen atoms in total. The van der Waals surface area contributed by atoms with Gasteiger partial charge in [0.05, 0.1) is 6.07 Å². The van der Waals surface area contributed by atoms with Gasteiger partial charge in [0, 0.05) is 11.4 Å². The molecule has 1 aliphatic rings. The summed E-state index contributed by atoms with van der Waals surface area (Å²) in [5.41, 5.74) is -0.232. The van der Waals surface area contributed by atoms with Crippen molar-refractivity contribution in [2.75, 3.05) is 0 Å². The highest BCUT2D eigenvalue weighted by atomic mass is 32.1. The molecule has 0 unspecified atom stereocenters. The van der Waals surface area contributed by atoms with Crippen LogP contribution in [0.2, 0.25) is 0 Å². The highest BCUT2D eigenvalue weighted by molar-refractivity contribution is 7.09. The van der Waals surface area contributed by atoms with E-state index in [2.05, 4.69) is 28.9 Å². The summed E-state index contributed by atoms with van der Waals surface area (Å²) in [6.07, 6.45) is 4.39. The number of thiophene rings is 1. The monoisotopic (exact) mass is 206 g/mol. The van der Waals surface area contributed by atoms with Crippen LogP contribution in [0, 0.1) is 11.3 Å². The molecular formula is C11H14N2S. The molecule has 0 spiro atoms. The average molecular weight is 206 g/mol. The highest BCUT2D eigenvalue weighted by Crippen LogP contribution is 2.29. The molecule has 0 aliphatic heterocycles. The minimum Gasteiger partial charge on any atom is -0.294 e. The van der Waals surface area contributed by atoms with Gasteiger partial charge in [0.25, 0.3) is 0 Å². The average Bonchev–Trinajstić information content (AvgIpc) is 2.87. The highest BCUT2D eigenvalue weighted by Gasteiger charge is 2.33. The molecule has 1 aromatic rings. The number of nitriles is 1. The van der Waals surface area contributed by atoms with Gasteiger partial charge in [-0.15, -0.1) is 11.3 Å². The van der Waals surface area contributed by atoms with Crippen LogP contribution in [0.3, 0.4) is 0 Å². The minimum atomic E-state index is -0.232. The first-order valence-electron chi connectivity index (χ1n) is 5.03. The maximum atomic E-state index is 9.14. The van der Waals surface area contributed by atoms with E-state index in [-0.39, 0.29) is 5.54 Å². The van der Waals surface area contributed by atoms with E-state index in [4.69, 9.17) is 5.26 Å². The number of nitrogens with zero attached hydrogens (tertiary/aromatic N) is 1. The van der Waals surface area contributed by atoms with Crippen molar-refractivity contribution in [3.8, 4) is 6.07 Å². The van der Waals surface area contributed by atoms with Crippen LogP contribution in [0.4, 0.5) is 0 Å². The van der Waals surface area contributed by atoms with Crippen molar-refractivity contribution in [3.05, 3.63) is 22.4 Å². The number of nitrogens with one attached hydrogen (secondary N) is 1. The molecule has 2 rings (SSSR count). The molecule has 1 N–H and O–H groups in total. The van der Waals surface area contributed by atoms with Crippen molar-refractivity contribution in [1.82, 2.24) is 5.32 Å². The van der Waals surface area contributed by atoms with E-state index in [1.165, 1.54) is 17.7 Å². The third-order valence-electron chi connectivity index (χ3n) is 2.85. The molecule has 0 saturated heterocycles. The molecule has 1 saturated carbocycles. The summed E-state index contributed by atoms with van der Waals surface area (Å²) in [4.78, 5) is 1.31. The van der Waals surface area contributed by atoms with Crippen LogP contribution in [0.5, 0.6) is 0 Å². The minimum absolute atomic E-state index is 0.232. The van der Waals surface area contributed by atoms with Gasteiger partial charge in [0.15, 0.2) is 0 Å². The molecule has 0 bridgehead atoms. The zero-order valence-corrected chi connectivity index (χ0v) is 8.94. The largest absolute Gasteiger partial charge is 0.294 e. The summed E-state index contributed by atoms with van der Waals surface area (Å²) in [5, 5.41) is 14.6. The van der Waals surface area contributed by atoms with Gasteiger partial charge >= 0.3 is 0 Å². The molecule has 3 heteroatoms. The predicted octanol–water partition coefficient (Wildman–Crippen LogP) is 2.67. The Balaban J connectivity index is 1.93. The van der Waals surface area contributed by atoms with Gasteiger partial charge in [-0.3, -0.25) is 5.32 Å². The molecule has 0 radical (unpaired) electrons. The van der Waals surface area contributed by atoms with Crippen LogP contribution in [-0.2, 0) is 6.54 Å². The van der Waals surface area contributed by atoms with E-state index in [0.29, 0.717) is 0 Å². The van der Waals surface area contributed by atoms with Crippen LogP contribution in [0.25, 0.3) is 0 Å². The Kier molecular flexibility index (Phi) is 2.85. The molecular weight excluding hydrogens is 192 g/mol. The molecule has 14 heavy (non-hydrogen) atoms. The standard InChI is InChI=1S/C11H14N2S/c12-9-11(5-1-2-6-11)13-8-10-4-3-7-14-10/h3-4,7,13H,1-2,5-6,8H2. The maximum absolute atomic E-state index is 9.14. The Morgan fingerprint density at radius 3 is 2.86 bits per heavy atom.